The monoisotopic (exact) mass is 164 g/mol. The summed E-state index contributed by atoms with van der Waals surface area (Å²) < 4.78 is 0. The van der Waals surface area contributed by atoms with Gasteiger partial charge in [-0.3, -0.25) is 0 Å². The predicted molar refractivity (Wildman–Crippen MR) is 50.2 cm³/mol. The average molecular weight is 164 g/mol. The van der Waals surface area contributed by atoms with Gasteiger partial charge in [-0.1, -0.05) is 12.1 Å². The molecule has 1 aliphatic rings. The van der Waals surface area contributed by atoms with E-state index in [1.54, 1.807) is 5.56 Å². The lowest BCUT2D eigenvalue weighted by Gasteiger charge is -2.16. The highest BCUT2D eigenvalue weighted by Gasteiger charge is 2.10. The summed E-state index contributed by atoms with van der Waals surface area (Å²) in [5.41, 5.74) is 3.05. The molecule has 0 nitrogen and oxygen atoms in total. The number of thioether (sulfide) groups is 1. The van der Waals surface area contributed by atoms with E-state index in [1.165, 1.54) is 29.1 Å². The van der Waals surface area contributed by atoms with Crippen molar-refractivity contribution < 1.29 is 0 Å². The number of hydrogen-bond acceptors (Lipinski definition) is 1. The second kappa shape index (κ2) is 2.90. The molecule has 58 valence electrons. The van der Waals surface area contributed by atoms with E-state index in [0.29, 0.717) is 0 Å². The van der Waals surface area contributed by atoms with Crippen LogP contribution < -0.4 is 0 Å². The molecule has 1 aromatic carbocycles. The SMILES string of the molecule is Cc1cccc2c1CCCS2. The molecule has 0 saturated heterocycles. The summed E-state index contributed by atoms with van der Waals surface area (Å²) in [5, 5.41) is 0. The number of aryl methyl sites for hydroxylation is 1. The lowest BCUT2D eigenvalue weighted by atomic mass is 10.0. The molecule has 0 saturated carbocycles. The zero-order valence-corrected chi connectivity index (χ0v) is 7.58. The maximum absolute atomic E-state index is 2.24. The smallest absolute Gasteiger partial charge is 0.0107 e. The summed E-state index contributed by atoms with van der Waals surface area (Å²) in [7, 11) is 0. The Labute approximate surface area is 72.0 Å². The van der Waals surface area contributed by atoms with Gasteiger partial charge >= 0.3 is 0 Å². The van der Waals surface area contributed by atoms with Gasteiger partial charge in [-0.2, -0.15) is 0 Å². The molecule has 0 amide bonds. The van der Waals surface area contributed by atoms with Crippen LogP contribution in [-0.2, 0) is 6.42 Å². The Kier molecular flexibility index (Phi) is 1.91. The summed E-state index contributed by atoms with van der Waals surface area (Å²) in [6.45, 7) is 2.21. The number of fused-ring (bicyclic) bond motifs is 1. The highest BCUT2D eigenvalue weighted by Crippen LogP contribution is 2.31. The van der Waals surface area contributed by atoms with E-state index in [9.17, 15) is 0 Å². The van der Waals surface area contributed by atoms with Crippen LogP contribution in [0, 0.1) is 6.92 Å². The van der Waals surface area contributed by atoms with Gasteiger partial charge in [0.25, 0.3) is 0 Å². The van der Waals surface area contributed by atoms with Crippen molar-refractivity contribution in [3.8, 4) is 0 Å². The minimum absolute atomic E-state index is 1.29. The van der Waals surface area contributed by atoms with E-state index in [1.807, 2.05) is 11.8 Å². The molecular formula is C10H12S. The van der Waals surface area contributed by atoms with Gasteiger partial charge in [0, 0.05) is 4.90 Å². The lowest BCUT2D eigenvalue weighted by molar-refractivity contribution is 0.879. The summed E-state index contributed by atoms with van der Waals surface area (Å²) in [4.78, 5) is 1.51. The number of hydrogen-bond donors (Lipinski definition) is 0. The largest absolute Gasteiger partial charge is 0.126 e. The third kappa shape index (κ3) is 1.30. The van der Waals surface area contributed by atoms with Gasteiger partial charge in [-0.25, -0.2) is 0 Å². The minimum atomic E-state index is 1.29. The van der Waals surface area contributed by atoms with Crippen LogP contribution in [0.25, 0.3) is 0 Å². The summed E-state index contributed by atoms with van der Waals surface area (Å²) in [6, 6.07) is 6.61. The molecule has 0 aromatic heterocycles. The van der Waals surface area contributed by atoms with Crippen molar-refractivity contribution in [2.24, 2.45) is 0 Å². The first-order chi connectivity index (χ1) is 5.38. The molecule has 0 radical (unpaired) electrons. The van der Waals surface area contributed by atoms with Gasteiger partial charge in [0.2, 0.25) is 0 Å². The minimum Gasteiger partial charge on any atom is -0.126 e. The van der Waals surface area contributed by atoms with E-state index in [2.05, 4.69) is 25.1 Å². The fraction of sp³-hybridized carbons (Fsp3) is 0.400. The van der Waals surface area contributed by atoms with E-state index in [0.717, 1.165) is 0 Å². The van der Waals surface area contributed by atoms with E-state index < -0.39 is 0 Å². The molecule has 11 heavy (non-hydrogen) atoms. The van der Waals surface area contributed by atoms with Gasteiger partial charge < -0.3 is 0 Å². The fourth-order valence-electron chi connectivity index (χ4n) is 1.56. The second-order valence-corrected chi connectivity index (χ2v) is 4.14. The molecule has 0 N–H and O–H groups in total. The first kappa shape index (κ1) is 7.23. The van der Waals surface area contributed by atoms with E-state index in [4.69, 9.17) is 0 Å². The Morgan fingerprint density at radius 2 is 2.27 bits per heavy atom. The van der Waals surface area contributed by atoms with Crippen LogP contribution in [0.15, 0.2) is 23.1 Å². The molecule has 0 bridgehead atoms. The fourth-order valence-corrected chi connectivity index (χ4v) is 2.68. The Morgan fingerprint density at radius 3 is 3.09 bits per heavy atom. The zero-order chi connectivity index (χ0) is 7.68. The van der Waals surface area contributed by atoms with Gasteiger partial charge in [0.05, 0.1) is 0 Å². The quantitative estimate of drug-likeness (QED) is 0.568. The van der Waals surface area contributed by atoms with Crippen LogP contribution in [0.2, 0.25) is 0 Å². The van der Waals surface area contributed by atoms with Crippen molar-refractivity contribution in [3.05, 3.63) is 29.3 Å². The molecule has 0 atom stereocenters. The van der Waals surface area contributed by atoms with Crippen LogP contribution in [0.1, 0.15) is 17.5 Å². The number of benzene rings is 1. The van der Waals surface area contributed by atoms with Crippen LogP contribution in [0.5, 0.6) is 0 Å². The van der Waals surface area contributed by atoms with Crippen molar-refractivity contribution in [1.82, 2.24) is 0 Å². The predicted octanol–water partition coefficient (Wildman–Crippen LogP) is 3.03. The van der Waals surface area contributed by atoms with E-state index in [-0.39, 0.29) is 0 Å². The molecule has 1 heterocycles. The zero-order valence-electron chi connectivity index (χ0n) is 6.76. The highest BCUT2D eigenvalue weighted by molar-refractivity contribution is 7.99. The van der Waals surface area contributed by atoms with Crippen LogP contribution in [0.3, 0.4) is 0 Å². The molecule has 0 unspecified atom stereocenters. The Balaban J connectivity index is 2.49. The highest BCUT2D eigenvalue weighted by atomic mass is 32.2. The topological polar surface area (TPSA) is 0 Å². The summed E-state index contributed by atoms with van der Waals surface area (Å²) in [6.07, 6.45) is 2.64. The van der Waals surface area contributed by atoms with Crippen molar-refractivity contribution in [2.75, 3.05) is 5.75 Å². The third-order valence-electron chi connectivity index (χ3n) is 2.20. The Morgan fingerprint density at radius 1 is 1.36 bits per heavy atom. The second-order valence-electron chi connectivity index (χ2n) is 3.00. The molecule has 0 spiro atoms. The normalized spacial score (nSPS) is 16.1. The van der Waals surface area contributed by atoms with E-state index >= 15 is 0 Å². The molecule has 2 rings (SSSR count). The summed E-state index contributed by atoms with van der Waals surface area (Å²) >= 11 is 2.00. The van der Waals surface area contributed by atoms with Crippen molar-refractivity contribution >= 4 is 11.8 Å². The third-order valence-corrected chi connectivity index (χ3v) is 3.38. The lowest BCUT2D eigenvalue weighted by Crippen LogP contribution is -1.99. The average Bonchev–Trinajstić information content (AvgIpc) is 2.06. The van der Waals surface area contributed by atoms with Gasteiger partial charge in [-0.05, 0) is 42.7 Å². The summed E-state index contributed by atoms with van der Waals surface area (Å²) in [5.74, 6) is 1.30. The molecule has 1 heteroatoms. The standard InChI is InChI=1S/C10H12S/c1-8-4-2-6-10-9(8)5-3-7-11-10/h2,4,6H,3,5,7H2,1H3. The van der Waals surface area contributed by atoms with Crippen LogP contribution >= 0.6 is 11.8 Å². The molecular weight excluding hydrogens is 152 g/mol. The van der Waals surface area contributed by atoms with Crippen LogP contribution in [-0.4, -0.2) is 5.75 Å². The maximum atomic E-state index is 2.24. The molecule has 0 fully saturated rings. The van der Waals surface area contributed by atoms with Crippen molar-refractivity contribution in [2.45, 2.75) is 24.7 Å². The van der Waals surface area contributed by atoms with Crippen molar-refractivity contribution in [1.29, 1.82) is 0 Å². The van der Waals surface area contributed by atoms with Gasteiger partial charge in [-0.15, -0.1) is 11.8 Å². The first-order valence-electron chi connectivity index (χ1n) is 4.09. The molecule has 1 aliphatic heterocycles. The maximum Gasteiger partial charge on any atom is 0.0107 e. The van der Waals surface area contributed by atoms with Crippen LogP contribution in [0.4, 0.5) is 0 Å². The van der Waals surface area contributed by atoms with Gasteiger partial charge in [0.15, 0.2) is 0 Å². The number of rotatable bonds is 0. The Bertz CT molecular complexity index is 266. The first-order valence-corrected chi connectivity index (χ1v) is 5.08. The van der Waals surface area contributed by atoms with Crippen molar-refractivity contribution in [3.63, 3.8) is 0 Å². The Hall–Kier alpha value is -0.430. The molecule has 0 aliphatic carbocycles. The molecule has 1 aromatic rings. The van der Waals surface area contributed by atoms with Gasteiger partial charge in [0.1, 0.15) is 0 Å².